The number of benzene rings is 1. The molecule has 3 heterocycles. The quantitative estimate of drug-likeness (QED) is 0.434. The number of aliphatic hydroxyl groups excluding tert-OH is 1. The SMILES string of the molecule is CC[C@@]12CC(C(=O)OC)=C3Nc4c(cc(OS(C)(=O)=O)c(OC)c4OC)[C@@]34CCN(C[C@@H](O)C1)[C@@H]24. The molecule has 4 aliphatic rings. The fourth-order valence-corrected chi connectivity index (χ4v) is 7.70. The van der Waals surface area contributed by atoms with Crippen molar-refractivity contribution in [2.45, 2.75) is 50.2 Å². The van der Waals surface area contributed by atoms with E-state index in [1.807, 2.05) is 0 Å². The lowest BCUT2D eigenvalue weighted by atomic mass is 9.53. The first-order chi connectivity index (χ1) is 16.5. The Balaban J connectivity index is 1.84. The highest BCUT2D eigenvalue weighted by Crippen LogP contribution is 2.67. The Morgan fingerprint density at radius 2 is 1.97 bits per heavy atom. The first-order valence-corrected chi connectivity index (χ1v) is 13.6. The zero-order valence-corrected chi connectivity index (χ0v) is 21.5. The monoisotopic (exact) mass is 508 g/mol. The van der Waals surface area contributed by atoms with Crippen LogP contribution in [-0.2, 0) is 25.1 Å². The smallest absolute Gasteiger partial charge is 0.335 e. The van der Waals surface area contributed by atoms with Crippen LogP contribution >= 0.6 is 0 Å². The topological polar surface area (TPSA) is 124 Å². The maximum absolute atomic E-state index is 13.1. The number of carbonyl (C=O) groups excluding carboxylic acids is 1. The van der Waals surface area contributed by atoms with Crippen LogP contribution in [0, 0.1) is 5.41 Å². The Kier molecular flexibility index (Phi) is 5.54. The molecule has 35 heavy (non-hydrogen) atoms. The Morgan fingerprint density at radius 3 is 2.57 bits per heavy atom. The Morgan fingerprint density at radius 1 is 1.26 bits per heavy atom. The lowest BCUT2D eigenvalue weighted by Gasteiger charge is -2.56. The van der Waals surface area contributed by atoms with Crippen LogP contribution in [0.1, 0.15) is 38.2 Å². The number of nitrogens with zero attached hydrogens (tertiary/aromatic N) is 1. The molecular formula is C24H32N2O8S. The van der Waals surface area contributed by atoms with Gasteiger partial charge >= 0.3 is 16.1 Å². The molecule has 0 aromatic heterocycles. The van der Waals surface area contributed by atoms with Crippen molar-refractivity contribution in [1.82, 2.24) is 4.90 Å². The van der Waals surface area contributed by atoms with Crippen LogP contribution in [0.2, 0.25) is 0 Å². The van der Waals surface area contributed by atoms with Crippen molar-refractivity contribution in [2.24, 2.45) is 5.41 Å². The van der Waals surface area contributed by atoms with Crippen molar-refractivity contribution in [3.63, 3.8) is 0 Å². The number of ether oxygens (including phenoxy) is 3. The molecule has 1 aliphatic carbocycles. The average molecular weight is 509 g/mol. The van der Waals surface area contributed by atoms with Gasteiger partial charge in [-0.05, 0) is 49.3 Å². The van der Waals surface area contributed by atoms with Crippen molar-refractivity contribution >= 4 is 21.8 Å². The van der Waals surface area contributed by atoms with Crippen LogP contribution in [0.5, 0.6) is 17.2 Å². The first kappa shape index (κ1) is 24.2. The molecule has 192 valence electrons. The third kappa shape index (κ3) is 3.27. The predicted molar refractivity (Wildman–Crippen MR) is 127 cm³/mol. The standard InChI is InChI=1S/C24H32N2O8S/c1-6-23-10-13(27)12-26-8-7-24(22(23)26)15-9-16(34-35(5,29)30)18(31-2)19(32-3)17(15)25-20(24)14(11-23)21(28)33-4/h9,13,22,25,27H,6-8,10-12H2,1-5H3/t13-,22-,23-,24-/m0/s1. The fourth-order valence-electron chi connectivity index (χ4n) is 7.25. The molecule has 0 saturated carbocycles. The van der Waals surface area contributed by atoms with Crippen LogP contribution in [0.25, 0.3) is 0 Å². The van der Waals surface area contributed by atoms with Gasteiger partial charge in [0.1, 0.15) is 0 Å². The molecular weight excluding hydrogens is 476 g/mol. The van der Waals surface area contributed by atoms with E-state index in [9.17, 15) is 18.3 Å². The number of aliphatic hydroxyl groups is 1. The summed E-state index contributed by atoms with van der Waals surface area (Å²) in [5, 5.41) is 14.3. The highest BCUT2D eigenvalue weighted by Gasteiger charge is 2.67. The van der Waals surface area contributed by atoms with Crippen molar-refractivity contribution in [3.8, 4) is 17.2 Å². The van der Waals surface area contributed by atoms with Crippen LogP contribution in [0.15, 0.2) is 17.3 Å². The lowest BCUT2D eigenvalue weighted by molar-refractivity contribution is -0.138. The summed E-state index contributed by atoms with van der Waals surface area (Å²) in [4.78, 5) is 15.4. The lowest BCUT2D eigenvalue weighted by Crippen LogP contribution is -2.62. The number of nitrogens with one attached hydrogen (secondary N) is 1. The van der Waals surface area contributed by atoms with E-state index in [1.165, 1.54) is 21.3 Å². The van der Waals surface area contributed by atoms with Gasteiger partial charge in [-0.15, -0.1) is 0 Å². The van der Waals surface area contributed by atoms with Crippen LogP contribution in [0.4, 0.5) is 5.69 Å². The van der Waals surface area contributed by atoms with Gasteiger partial charge in [-0.3, -0.25) is 4.90 Å². The predicted octanol–water partition coefficient (Wildman–Crippen LogP) is 1.77. The summed E-state index contributed by atoms with van der Waals surface area (Å²) >= 11 is 0. The normalized spacial score (nSPS) is 31.3. The summed E-state index contributed by atoms with van der Waals surface area (Å²) in [7, 11) is 0.407. The minimum Gasteiger partial charge on any atom is -0.491 e. The number of carbonyl (C=O) groups is 1. The number of rotatable bonds is 6. The van der Waals surface area contributed by atoms with Gasteiger partial charge in [0, 0.05) is 18.3 Å². The summed E-state index contributed by atoms with van der Waals surface area (Å²) in [6.07, 6.45) is 2.96. The maximum Gasteiger partial charge on any atom is 0.335 e. The summed E-state index contributed by atoms with van der Waals surface area (Å²) in [5.41, 5.74) is 1.71. The van der Waals surface area contributed by atoms with Crippen molar-refractivity contribution in [2.75, 3.05) is 46.0 Å². The van der Waals surface area contributed by atoms with Crippen LogP contribution in [0.3, 0.4) is 0 Å². The molecule has 5 rings (SSSR count). The molecule has 3 aliphatic heterocycles. The van der Waals surface area contributed by atoms with Crippen LogP contribution < -0.4 is 19.0 Å². The van der Waals surface area contributed by atoms with E-state index in [0.29, 0.717) is 42.8 Å². The second-order valence-corrected chi connectivity index (χ2v) is 11.6. The van der Waals surface area contributed by atoms with E-state index in [0.717, 1.165) is 30.5 Å². The van der Waals surface area contributed by atoms with E-state index in [-0.39, 0.29) is 23.0 Å². The number of fused-ring (bicyclic) bond motifs is 1. The molecule has 2 fully saturated rings. The Bertz CT molecular complexity index is 1230. The van der Waals surface area contributed by atoms with Gasteiger partial charge in [0.05, 0.1) is 50.4 Å². The number of hydrogen-bond donors (Lipinski definition) is 2. The van der Waals surface area contributed by atoms with Gasteiger partial charge in [0.15, 0.2) is 11.5 Å². The third-order valence-electron chi connectivity index (χ3n) is 8.29. The van der Waals surface area contributed by atoms with Gasteiger partial charge in [0.2, 0.25) is 5.75 Å². The fraction of sp³-hybridized carbons (Fsp3) is 0.625. The van der Waals surface area contributed by atoms with Gasteiger partial charge in [0.25, 0.3) is 0 Å². The van der Waals surface area contributed by atoms with E-state index in [4.69, 9.17) is 18.4 Å². The number of anilines is 1. The van der Waals surface area contributed by atoms with Gasteiger partial charge in [-0.1, -0.05) is 6.92 Å². The molecule has 2 N–H and O–H groups in total. The molecule has 2 saturated heterocycles. The van der Waals surface area contributed by atoms with Crippen molar-refractivity contribution < 1.29 is 36.7 Å². The summed E-state index contributed by atoms with van der Waals surface area (Å²) in [5.74, 6) is 0.0725. The molecule has 11 heteroatoms. The molecule has 4 atom stereocenters. The Labute approximate surface area is 205 Å². The molecule has 1 aromatic rings. The summed E-state index contributed by atoms with van der Waals surface area (Å²) in [6.45, 7) is 3.36. The van der Waals surface area contributed by atoms with Gasteiger partial charge in [-0.25, -0.2) is 4.79 Å². The molecule has 0 unspecified atom stereocenters. The second-order valence-electron chi connectivity index (χ2n) is 9.99. The average Bonchev–Trinajstić information content (AvgIpc) is 3.35. The molecule has 1 aromatic carbocycles. The molecule has 0 bridgehead atoms. The summed E-state index contributed by atoms with van der Waals surface area (Å²) in [6, 6.07) is 1.69. The largest absolute Gasteiger partial charge is 0.491 e. The van der Waals surface area contributed by atoms with Gasteiger partial charge < -0.3 is 28.8 Å². The highest BCUT2D eigenvalue weighted by molar-refractivity contribution is 7.86. The first-order valence-electron chi connectivity index (χ1n) is 11.7. The van der Waals surface area contributed by atoms with E-state index >= 15 is 0 Å². The van der Waals surface area contributed by atoms with E-state index < -0.39 is 27.6 Å². The molecule has 10 nitrogen and oxygen atoms in total. The zero-order valence-electron chi connectivity index (χ0n) is 20.6. The van der Waals surface area contributed by atoms with E-state index in [1.54, 1.807) is 6.07 Å². The minimum atomic E-state index is -3.86. The Hall–Kier alpha value is -2.50. The van der Waals surface area contributed by atoms with Gasteiger partial charge in [-0.2, -0.15) is 8.42 Å². The molecule has 1 spiro atoms. The second kappa shape index (κ2) is 8.01. The van der Waals surface area contributed by atoms with E-state index in [2.05, 4.69) is 17.1 Å². The van der Waals surface area contributed by atoms with Crippen molar-refractivity contribution in [3.05, 3.63) is 22.9 Å². The third-order valence-corrected chi connectivity index (χ3v) is 8.77. The number of hydrogen-bond acceptors (Lipinski definition) is 10. The van der Waals surface area contributed by atoms with Crippen molar-refractivity contribution in [1.29, 1.82) is 0 Å². The number of esters is 1. The minimum absolute atomic E-state index is 0.00950. The number of methoxy groups -OCH3 is 3. The molecule has 0 amide bonds. The zero-order chi connectivity index (χ0) is 25.3. The maximum atomic E-state index is 13.1. The molecule has 0 radical (unpaired) electrons. The highest BCUT2D eigenvalue weighted by atomic mass is 32.2. The summed E-state index contributed by atoms with van der Waals surface area (Å²) < 4.78 is 46.0. The number of piperidine rings is 1. The van der Waals surface area contributed by atoms with Crippen LogP contribution in [-0.4, -0.2) is 77.2 Å².